The number of rotatable bonds is 5. The Hall–Kier alpha value is -3.99. The molecule has 0 saturated carbocycles. The highest BCUT2D eigenvalue weighted by Crippen LogP contribution is 2.44. The van der Waals surface area contributed by atoms with Crippen LogP contribution in [0.15, 0.2) is 76.8 Å². The van der Waals surface area contributed by atoms with E-state index in [1.807, 2.05) is 48.5 Å². The van der Waals surface area contributed by atoms with Gasteiger partial charge in [0.05, 0.1) is 38.7 Å². The van der Waals surface area contributed by atoms with Crippen LogP contribution in [0, 0.1) is 18.6 Å². The molecule has 11 nitrogen and oxygen atoms in total. The molecule has 3 aromatic carbocycles. The number of fused-ring (bicyclic) bond motifs is 2. The van der Waals surface area contributed by atoms with Gasteiger partial charge >= 0.3 is 0 Å². The van der Waals surface area contributed by atoms with Crippen LogP contribution >= 0.6 is 27.3 Å². The quantitative estimate of drug-likeness (QED) is 0.227. The molecule has 2 saturated heterocycles. The first-order valence-corrected chi connectivity index (χ1v) is 16.0. The summed E-state index contributed by atoms with van der Waals surface area (Å²) in [5.74, 6) is -1.27. The van der Waals surface area contributed by atoms with E-state index in [1.165, 1.54) is 34.3 Å². The standard InChI is InChI=1S/C31H24BrF2N7O4S/c1-15-36-30(41(38-15)17-7-10-20-23(11-17)46-14-35-20)29-27(42)26(28-22(44-29)13-43-31(45-28)16-5-3-2-4-6-16)40-12-21(37-39-40)18-8-9-19(32)25(34)24(18)33/h2-12,14,22,26-29,31,42H,13H2,1H3/t22-,26-,27-,28+,29-,31?/m1/s1. The van der Waals surface area contributed by atoms with Crippen molar-refractivity contribution in [1.82, 2.24) is 34.7 Å². The molecule has 2 fully saturated rings. The van der Waals surface area contributed by atoms with Gasteiger partial charge in [-0.2, -0.15) is 5.10 Å². The smallest absolute Gasteiger partial charge is 0.184 e. The monoisotopic (exact) mass is 707 g/mol. The van der Waals surface area contributed by atoms with Gasteiger partial charge in [-0.3, -0.25) is 0 Å². The maximum absolute atomic E-state index is 14.9. The molecule has 0 amide bonds. The lowest BCUT2D eigenvalue weighted by atomic mass is 9.91. The molecule has 1 unspecified atom stereocenters. The van der Waals surface area contributed by atoms with Gasteiger partial charge in [0.25, 0.3) is 0 Å². The number of aromatic nitrogens is 7. The van der Waals surface area contributed by atoms with E-state index in [0.29, 0.717) is 11.6 Å². The van der Waals surface area contributed by atoms with Crippen molar-refractivity contribution in [2.45, 2.75) is 43.7 Å². The van der Waals surface area contributed by atoms with Crippen molar-refractivity contribution in [3.05, 3.63) is 106 Å². The number of hydrogen-bond acceptors (Lipinski definition) is 10. The van der Waals surface area contributed by atoms with Crippen LogP contribution in [0.5, 0.6) is 0 Å². The summed E-state index contributed by atoms with van der Waals surface area (Å²) in [5.41, 5.74) is 4.14. The third kappa shape index (κ3) is 5.03. The molecule has 2 aliphatic rings. The predicted octanol–water partition coefficient (Wildman–Crippen LogP) is 5.64. The Labute approximate surface area is 272 Å². The third-order valence-corrected chi connectivity index (χ3v) is 9.53. The number of ether oxygens (including phenoxy) is 3. The molecule has 1 N–H and O–H groups in total. The van der Waals surface area contributed by atoms with Gasteiger partial charge in [0.2, 0.25) is 0 Å². The number of nitrogens with zero attached hydrogens (tertiary/aromatic N) is 7. The van der Waals surface area contributed by atoms with Crippen LogP contribution in [0.4, 0.5) is 8.78 Å². The van der Waals surface area contributed by atoms with Crippen LogP contribution in [0.1, 0.15) is 35.6 Å². The highest BCUT2D eigenvalue weighted by molar-refractivity contribution is 9.10. The Bertz CT molecular complexity index is 2060. The first-order valence-electron chi connectivity index (χ1n) is 14.3. The zero-order valence-electron chi connectivity index (χ0n) is 23.9. The number of thiazole rings is 1. The first kappa shape index (κ1) is 29.4. The average Bonchev–Trinajstić information content (AvgIpc) is 3.83. The normalized spacial score (nSPS) is 24.7. The summed E-state index contributed by atoms with van der Waals surface area (Å²) in [6.07, 6.45) is -3.00. The fraction of sp³-hybridized carbons (Fsp3) is 0.258. The van der Waals surface area contributed by atoms with Crippen LogP contribution < -0.4 is 0 Å². The molecular weight excluding hydrogens is 684 g/mol. The average molecular weight is 709 g/mol. The molecule has 6 atom stereocenters. The van der Waals surface area contributed by atoms with Crippen molar-refractivity contribution in [3.63, 3.8) is 0 Å². The molecule has 15 heteroatoms. The van der Waals surface area contributed by atoms with Gasteiger partial charge in [0, 0.05) is 11.1 Å². The van der Waals surface area contributed by atoms with Crippen molar-refractivity contribution in [2.75, 3.05) is 6.61 Å². The summed E-state index contributed by atoms with van der Waals surface area (Å²) in [5, 5.41) is 25.1. The van der Waals surface area contributed by atoms with Crippen molar-refractivity contribution in [3.8, 4) is 16.9 Å². The summed E-state index contributed by atoms with van der Waals surface area (Å²) in [4.78, 5) is 9.03. The Kier molecular flexibility index (Phi) is 7.46. The van der Waals surface area contributed by atoms with Gasteiger partial charge in [-0.15, -0.1) is 16.4 Å². The molecule has 6 aromatic rings. The maximum atomic E-state index is 14.9. The third-order valence-electron chi connectivity index (χ3n) is 8.13. The highest BCUT2D eigenvalue weighted by atomic mass is 79.9. The van der Waals surface area contributed by atoms with E-state index in [2.05, 4.69) is 41.3 Å². The fourth-order valence-electron chi connectivity index (χ4n) is 5.96. The van der Waals surface area contributed by atoms with Crippen LogP contribution in [-0.4, -0.2) is 64.8 Å². The van der Waals surface area contributed by atoms with Crippen molar-refractivity contribution in [2.24, 2.45) is 0 Å². The molecule has 3 aromatic heterocycles. The van der Waals surface area contributed by atoms with Crippen molar-refractivity contribution in [1.29, 1.82) is 0 Å². The number of benzene rings is 3. The van der Waals surface area contributed by atoms with E-state index in [-0.39, 0.29) is 22.3 Å². The molecular formula is C31H24BrF2N7O4S. The van der Waals surface area contributed by atoms with Gasteiger partial charge in [-0.05, 0) is 53.2 Å². The Morgan fingerprint density at radius 3 is 2.74 bits per heavy atom. The lowest BCUT2D eigenvalue weighted by molar-refractivity contribution is -0.319. The van der Waals surface area contributed by atoms with Gasteiger partial charge in [0.1, 0.15) is 42.0 Å². The Morgan fingerprint density at radius 2 is 1.89 bits per heavy atom. The van der Waals surface area contributed by atoms with Gasteiger partial charge in [0.15, 0.2) is 23.7 Å². The lowest BCUT2D eigenvalue weighted by Crippen LogP contribution is -2.57. The molecule has 0 radical (unpaired) electrons. The molecule has 8 rings (SSSR count). The summed E-state index contributed by atoms with van der Waals surface area (Å²) in [6, 6.07) is 17.0. The molecule has 0 spiro atoms. The SMILES string of the molecule is Cc1nc([C@@H]2O[C@@H]3COC(c4ccccc4)O[C@@H]3[C@H](n3cc(-c4ccc(Br)c(F)c4F)nn3)[C@H]2O)n(-c2ccc3ncsc3c2)n1. The maximum Gasteiger partial charge on any atom is 0.184 e. The zero-order chi connectivity index (χ0) is 31.5. The topological polar surface area (TPSA) is 122 Å². The van der Waals surface area contributed by atoms with Crippen LogP contribution in [0.25, 0.3) is 27.2 Å². The summed E-state index contributed by atoms with van der Waals surface area (Å²) < 4.78 is 52.4. The van der Waals surface area contributed by atoms with Gasteiger partial charge in [-0.1, -0.05) is 35.5 Å². The van der Waals surface area contributed by atoms with Crippen LogP contribution in [0.3, 0.4) is 0 Å². The summed E-state index contributed by atoms with van der Waals surface area (Å²) >= 11 is 4.51. The largest absolute Gasteiger partial charge is 0.388 e. The van der Waals surface area contributed by atoms with E-state index in [9.17, 15) is 13.9 Å². The van der Waals surface area contributed by atoms with Gasteiger partial charge in [-0.25, -0.2) is 28.1 Å². The van der Waals surface area contributed by atoms with E-state index >= 15 is 0 Å². The molecule has 46 heavy (non-hydrogen) atoms. The number of aliphatic hydroxyl groups is 1. The molecule has 2 aliphatic heterocycles. The van der Waals surface area contributed by atoms with Gasteiger partial charge < -0.3 is 19.3 Å². The Morgan fingerprint density at radius 1 is 1.04 bits per heavy atom. The van der Waals surface area contributed by atoms with E-state index in [0.717, 1.165) is 21.5 Å². The minimum Gasteiger partial charge on any atom is -0.388 e. The molecule has 234 valence electrons. The molecule has 0 aliphatic carbocycles. The first-order chi connectivity index (χ1) is 22.4. The predicted molar refractivity (Wildman–Crippen MR) is 165 cm³/mol. The van der Waals surface area contributed by atoms with E-state index in [1.54, 1.807) is 17.1 Å². The number of halogens is 3. The minimum absolute atomic E-state index is 0.0110. The van der Waals surface area contributed by atoms with E-state index < -0.39 is 48.4 Å². The van der Waals surface area contributed by atoms with Crippen molar-refractivity contribution >= 4 is 37.5 Å². The molecule has 5 heterocycles. The van der Waals surface area contributed by atoms with Crippen LogP contribution in [0.2, 0.25) is 0 Å². The lowest BCUT2D eigenvalue weighted by Gasteiger charge is -2.47. The number of hydrogen-bond donors (Lipinski definition) is 1. The highest BCUT2D eigenvalue weighted by Gasteiger charge is 2.52. The molecule has 0 bridgehead atoms. The second-order valence-electron chi connectivity index (χ2n) is 11.0. The minimum atomic E-state index is -1.29. The fourth-order valence-corrected chi connectivity index (χ4v) is 6.98. The summed E-state index contributed by atoms with van der Waals surface area (Å²) in [6.45, 7) is 1.89. The van der Waals surface area contributed by atoms with E-state index in [4.69, 9.17) is 14.2 Å². The summed E-state index contributed by atoms with van der Waals surface area (Å²) in [7, 11) is 0. The second-order valence-corrected chi connectivity index (χ2v) is 12.7. The Balaban J connectivity index is 1.20. The zero-order valence-corrected chi connectivity index (χ0v) is 26.3. The van der Waals surface area contributed by atoms with Crippen molar-refractivity contribution < 1.29 is 28.1 Å². The van der Waals surface area contributed by atoms with Crippen LogP contribution in [-0.2, 0) is 14.2 Å². The number of aliphatic hydroxyl groups excluding tert-OH is 1. The second kappa shape index (κ2) is 11.7. The number of aryl methyl sites for hydroxylation is 1.